The van der Waals surface area contributed by atoms with Crippen molar-refractivity contribution in [2.24, 2.45) is 0 Å². The zero-order valence-corrected chi connectivity index (χ0v) is 21.7. The monoisotopic (exact) mass is 457 g/mol. The minimum absolute atomic E-state index is 0.0633. The molecule has 0 saturated carbocycles. The molecule has 7 heteroatoms. The third-order valence-corrected chi connectivity index (χ3v) is 13.6. The number of ether oxygens (including phenoxy) is 1. The maximum absolute atomic E-state index is 13.2. The van der Waals surface area contributed by atoms with E-state index in [1.54, 1.807) is 10.6 Å². The maximum atomic E-state index is 13.2. The Balaban J connectivity index is 2.19. The smallest absolute Gasteiger partial charge is 0.253 e. The lowest BCUT2D eigenvalue weighted by Crippen LogP contribution is -2.43. The van der Waals surface area contributed by atoms with Crippen molar-refractivity contribution in [3.05, 3.63) is 28.2 Å². The third kappa shape index (κ3) is 4.76. The van der Waals surface area contributed by atoms with E-state index in [1.165, 1.54) is 11.8 Å². The van der Waals surface area contributed by atoms with Gasteiger partial charge in [-0.1, -0.05) is 59.2 Å². The lowest BCUT2D eigenvalue weighted by molar-refractivity contribution is 0.0970. The minimum Gasteiger partial charge on any atom is -0.376 e. The van der Waals surface area contributed by atoms with E-state index in [-0.39, 0.29) is 11.7 Å². The molecule has 0 bridgehead atoms. The lowest BCUT2D eigenvalue weighted by Gasteiger charge is -2.38. The van der Waals surface area contributed by atoms with Crippen molar-refractivity contribution in [1.29, 1.82) is 0 Å². The van der Waals surface area contributed by atoms with E-state index in [0.29, 0.717) is 34.0 Å². The number of rotatable bonds is 6. The predicted molar refractivity (Wildman–Crippen MR) is 132 cm³/mol. The van der Waals surface area contributed by atoms with Gasteiger partial charge in [0.25, 0.3) is 5.56 Å². The highest BCUT2D eigenvalue weighted by atomic mass is 32.2. The molecule has 0 spiro atoms. The van der Waals surface area contributed by atoms with E-state index in [4.69, 9.17) is 9.72 Å². The van der Waals surface area contributed by atoms with Crippen molar-refractivity contribution >= 4 is 30.9 Å². The zero-order chi connectivity index (χ0) is 22.8. The molecule has 2 aromatic rings. The fourth-order valence-electron chi connectivity index (χ4n) is 5.12. The highest BCUT2D eigenvalue weighted by molar-refractivity contribution is 7.98. The van der Waals surface area contributed by atoms with Crippen molar-refractivity contribution in [2.45, 2.75) is 88.8 Å². The Labute approximate surface area is 191 Å². The van der Waals surface area contributed by atoms with Crippen LogP contribution in [-0.2, 0) is 11.3 Å². The van der Waals surface area contributed by atoms with Crippen LogP contribution in [0.1, 0.15) is 59.9 Å². The molecular weight excluding hydrogens is 422 g/mol. The van der Waals surface area contributed by atoms with Crippen LogP contribution < -0.4 is 5.56 Å². The van der Waals surface area contributed by atoms with Gasteiger partial charge in [-0.15, -0.1) is 5.54 Å². The first-order chi connectivity index (χ1) is 14.7. The maximum Gasteiger partial charge on any atom is 0.253 e. The van der Waals surface area contributed by atoms with Crippen LogP contribution in [0, 0.1) is 11.5 Å². The topological polar surface area (TPSA) is 57.0 Å². The van der Waals surface area contributed by atoms with Gasteiger partial charge in [0, 0.05) is 24.4 Å². The number of pyridine rings is 1. The van der Waals surface area contributed by atoms with Crippen LogP contribution in [0.2, 0.25) is 16.6 Å². The molecule has 0 radical (unpaired) electrons. The summed E-state index contributed by atoms with van der Waals surface area (Å²) in [5, 5.41) is 1.51. The van der Waals surface area contributed by atoms with Gasteiger partial charge in [0.15, 0.2) is 5.16 Å². The van der Waals surface area contributed by atoms with Crippen molar-refractivity contribution in [3.8, 4) is 11.5 Å². The molecule has 1 saturated heterocycles. The summed E-state index contributed by atoms with van der Waals surface area (Å²) in [6, 6.07) is 1.67. The van der Waals surface area contributed by atoms with Crippen molar-refractivity contribution in [1.82, 2.24) is 14.5 Å². The molecule has 5 nitrogen and oxygen atoms in total. The second-order valence-corrected chi connectivity index (χ2v) is 15.7. The molecule has 1 fully saturated rings. The van der Waals surface area contributed by atoms with Gasteiger partial charge >= 0.3 is 0 Å². The molecule has 3 rings (SSSR count). The summed E-state index contributed by atoms with van der Waals surface area (Å²) in [6.45, 7) is 15.1. The Bertz CT molecular complexity index is 1020. The molecule has 31 heavy (non-hydrogen) atoms. The molecular formula is C24H35N3O2SSi. The normalized spacial score (nSPS) is 17.0. The predicted octanol–water partition coefficient (Wildman–Crippen LogP) is 5.26. The van der Waals surface area contributed by atoms with Crippen LogP contribution in [0.5, 0.6) is 0 Å². The van der Waals surface area contributed by atoms with Gasteiger partial charge in [-0.05, 0) is 35.7 Å². The van der Waals surface area contributed by atoms with Crippen LogP contribution in [0.4, 0.5) is 0 Å². The highest BCUT2D eigenvalue weighted by Gasteiger charge is 2.41. The number of aromatic nitrogens is 3. The van der Waals surface area contributed by atoms with Gasteiger partial charge in [0.2, 0.25) is 0 Å². The summed E-state index contributed by atoms with van der Waals surface area (Å²) in [5.74, 6) is 3.45. The first-order valence-electron chi connectivity index (χ1n) is 11.3. The molecule has 0 amide bonds. The Hall–Kier alpha value is -1.62. The number of nitrogens with zero attached hydrogens (tertiary/aromatic N) is 3. The Morgan fingerprint density at radius 2 is 1.90 bits per heavy atom. The van der Waals surface area contributed by atoms with Gasteiger partial charge in [-0.3, -0.25) is 9.36 Å². The standard InChI is InChI=1S/C24H35N3O2SSi/c1-16(2)31(17(3)4,18(5)6)12-10-19-13-22(28)27(15-20-9-8-11-29-20)23-21(19)14-25-24(26-23)30-7/h13-14,16-18,20H,8-9,11,15H2,1-7H3. The van der Waals surface area contributed by atoms with E-state index >= 15 is 0 Å². The van der Waals surface area contributed by atoms with E-state index in [1.807, 2.05) is 12.5 Å². The number of hydrogen-bond donors (Lipinski definition) is 0. The molecule has 2 aromatic heterocycles. The molecule has 0 aliphatic carbocycles. The van der Waals surface area contributed by atoms with Crippen LogP contribution in [-0.4, -0.2) is 41.6 Å². The van der Waals surface area contributed by atoms with Crippen molar-refractivity contribution < 1.29 is 4.74 Å². The molecule has 0 aromatic carbocycles. The summed E-state index contributed by atoms with van der Waals surface area (Å²) in [7, 11) is -1.91. The van der Waals surface area contributed by atoms with Gasteiger partial charge < -0.3 is 4.74 Å². The average Bonchev–Trinajstić information content (AvgIpc) is 3.23. The van der Waals surface area contributed by atoms with E-state index < -0.39 is 8.07 Å². The summed E-state index contributed by atoms with van der Waals surface area (Å²) in [6.07, 6.45) is 5.85. The quantitative estimate of drug-likeness (QED) is 0.256. The van der Waals surface area contributed by atoms with Crippen molar-refractivity contribution in [2.75, 3.05) is 12.9 Å². The third-order valence-electron chi connectivity index (χ3n) is 6.70. The minimum atomic E-state index is -1.91. The molecule has 1 aliphatic heterocycles. The SMILES string of the molecule is CSc1ncc2c(C#C[Si](C(C)C)(C(C)C)C(C)C)cc(=O)n(CC3CCCO3)c2n1. The molecule has 0 N–H and O–H groups in total. The summed E-state index contributed by atoms with van der Waals surface area (Å²) >= 11 is 1.48. The zero-order valence-electron chi connectivity index (χ0n) is 19.9. The molecule has 1 atom stereocenters. The summed E-state index contributed by atoms with van der Waals surface area (Å²) in [5.41, 5.74) is 6.69. The largest absolute Gasteiger partial charge is 0.376 e. The van der Waals surface area contributed by atoms with Crippen LogP contribution >= 0.6 is 11.8 Å². The Morgan fingerprint density at radius 3 is 2.45 bits per heavy atom. The summed E-state index contributed by atoms with van der Waals surface area (Å²) in [4.78, 5) is 22.3. The fraction of sp³-hybridized carbons (Fsp3) is 0.625. The number of thioether (sulfide) groups is 1. The first kappa shape index (κ1) is 24.0. The van der Waals surface area contributed by atoms with Crippen LogP contribution in [0.3, 0.4) is 0 Å². The number of fused-ring (bicyclic) bond motifs is 1. The van der Waals surface area contributed by atoms with Gasteiger partial charge in [-0.25, -0.2) is 9.97 Å². The van der Waals surface area contributed by atoms with Crippen LogP contribution in [0.15, 0.2) is 22.2 Å². The van der Waals surface area contributed by atoms with E-state index in [9.17, 15) is 4.79 Å². The van der Waals surface area contributed by atoms with Crippen LogP contribution in [0.25, 0.3) is 11.0 Å². The Kier molecular flexibility index (Phi) is 7.66. The average molecular weight is 458 g/mol. The second-order valence-electron chi connectivity index (χ2n) is 9.38. The molecule has 1 unspecified atom stereocenters. The molecule has 1 aliphatic rings. The summed E-state index contributed by atoms with van der Waals surface area (Å²) < 4.78 is 7.53. The highest BCUT2D eigenvalue weighted by Crippen LogP contribution is 2.40. The van der Waals surface area contributed by atoms with Gasteiger partial charge in [0.1, 0.15) is 13.7 Å². The second kappa shape index (κ2) is 9.89. The lowest BCUT2D eigenvalue weighted by atomic mass is 10.1. The van der Waals surface area contributed by atoms with Gasteiger partial charge in [-0.2, -0.15) is 0 Å². The number of hydrogen-bond acceptors (Lipinski definition) is 5. The van der Waals surface area contributed by atoms with E-state index in [2.05, 4.69) is 58.0 Å². The fourth-order valence-corrected chi connectivity index (χ4v) is 10.7. The van der Waals surface area contributed by atoms with Gasteiger partial charge in [0.05, 0.1) is 18.0 Å². The Morgan fingerprint density at radius 1 is 1.23 bits per heavy atom. The van der Waals surface area contributed by atoms with E-state index in [0.717, 1.165) is 30.4 Å². The molecule has 168 valence electrons. The first-order valence-corrected chi connectivity index (χ1v) is 14.8. The van der Waals surface area contributed by atoms with Crippen molar-refractivity contribution in [3.63, 3.8) is 0 Å². The molecule has 3 heterocycles.